The van der Waals surface area contributed by atoms with Gasteiger partial charge in [0.1, 0.15) is 5.75 Å². The number of rotatable bonds is 3. The standard InChI is InChI=1S/C13H22N3O2P/c1-15-6-8-16(9-7-15)19(3,17)11-4-5-12(14)13(10-11)18-2/h4-5,10H,6-9,14H2,1-3H3. The van der Waals surface area contributed by atoms with Crippen molar-refractivity contribution in [3.05, 3.63) is 18.2 Å². The molecule has 1 aromatic rings. The second-order valence-electron chi connectivity index (χ2n) is 5.06. The fourth-order valence-corrected chi connectivity index (χ4v) is 4.28. The van der Waals surface area contributed by atoms with Crippen LogP contribution in [0.25, 0.3) is 0 Å². The van der Waals surface area contributed by atoms with Crippen molar-refractivity contribution < 1.29 is 9.30 Å². The number of nitrogen functional groups attached to an aromatic ring is 1. The summed E-state index contributed by atoms with van der Waals surface area (Å²) in [4.78, 5) is 2.25. The lowest BCUT2D eigenvalue weighted by Gasteiger charge is -2.36. The first-order valence-electron chi connectivity index (χ1n) is 6.40. The predicted octanol–water partition coefficient (Wildman–Crippen LogP) is 1.06. The van der Waals surface area contributed by atoms with E-state index in [2.05, 4.69) is 16.6 Å². The molecule has 0 spiro atoms. The molecule has 1 fully saturated rings. The Balaban J connectivity index is 2.26. The number of likely N-dealkylation sites (N-methyl/N-ethyl adjacent to an activating group) is 1. The molecule has 19 heavy (non-hydrogen) atoms. The van der Waals surface area contributed by atoms with Crippen LogP contribution in [0.2, 0.25) is 0 Å². The summed E-state index contributed by atoms with van der Waals surface area (Å²) < 4.78 is 20.4. The van der Waals surface area contributed by atoms with Gasteiger partial charge in [-0.1, -0.05) is 0 Å². The predicted molar refractivity (Wildman–Crippen MR) is 79.6 cm³/mol. The van der Waals surface area contributed by atoms with E-state index in [0.717, 1.165) is 31.5 Å². The van der Waals surface area contributed by atoms with E-state index in [1.807, 2.05) is 12.7 Å². The molecule has 2 N–H and O–H groups in total. The molecule has 0 aromatic heterocycles. The number of hydrogen-bond donors (Lipinski definition) is 1. The highest BCUT2D eigenvalue weighted by atomic mass is 31.2. The Labute approximate surface area is 114 Å². The van der Waals surface area contributed by atoms with Crippen molar-refractivity contribution in [2.24, 2.45) is 0 Å². The number of ether oxygens (including phenoxy) is 1. The van der Waals surface area contributed by atoms with Crippen molar-refractivity contribution in [1.29, 1.82) is 0 Å². The van der Waals surface area contributed by atoms with Gasteiger partial charge in [-0.05, 0) is 25.2 Å². The molecule has 0 saturated carbocycles. The number of piperazine rings is 1. The number of nitrogens with two attached hydrogens (primary N) is 1. The summed E-state index contributed by atoms with van der Waals surface area (Å²) in [6.45, 7) is 5.38. The van der Waals surface area contributed by atoms with Gasteiger partial charge in [0, 0.05) is 38.1 Å². The third kappa shape index (κ3) is 2.94. The van der Waals surface area contributed by atoms with E-state index in [-0.39, 0.29) is 0 Å². The second kappa shape index (κ2) is 5.53. The largest absolute Gasteiger partial charge is 0.495 e. The number of hydrogen-bond acceptors (Lipinski definition) is 4. The molecule has 0 aliphatic carbocycles. The normalized spacial score (nSPS) is 21.0. The lowest BCUT2D eigenvalue weighted by atomic mass is 10.3. The van der Waals surface area contributed by atoms with Gasteiger partial charge in [-0.2, -0.15) is 0 Å². The Hall–Kier alpha value is -1.03. The number of nitrogens with zero attached hydrogens (tertiary/aromatic N) is 2. The van der Waals surface area contributed by atoms with E-state index < -0.39 is 7.29 Å². The van der Waals surface area contributed by atoms with Crippen LogP contribution in [0.15, 0.2) is 18.2 Å². The molecule has 0 radical (unpaired) electrons. The molecule has 1 aliphatic rings. The summed E-state index contributed by atoms with van der Waals surface area (Å²) in [5.74, 6) is 0.591. The molecule has 5 nitrogen and oxygen atoms in total. The molecule has 1 aromatic carbocycles. The summed E-state index contributed by atoms with van der Waals surface area (Å²) in [5, 5.41) is 0.808. The van der Waals surface area contributed by atoms with Crippen LogP contribution < -0.4 is 15.8 Å². The van der Waals surface area contributed by atoms with Crippen molar-refractivity contribution in [3.63, 3.8) is 0 Å². The van der Waals surface area contributed by atoms with Gasteiger partial charge in [0.05, 0.1) is 12.8 Å². The van der Waals surface area contributed by atoms with Crippen LogP contribution in [0, 0.1) is 0 Å². The Kier molecular flexibility index (Phi) is 4.19. The zero-order valence-corrected chi connectivity index (χ0v) is 12.7. The van der Waals surface area contributed by atoms with E-state index in [1.165, 1.54) is 0 Å². The number of benzene rings is 1. The molecule has 0 bridgehead atoms. The van der Waals surface area contributed by atoms with Crippen LogP contribution in [-0.2, 0) is 4.57 Å². The fraction of sp³-hybridized carbons (Fsp3) is 0.538. The molecule has 1 atom stereocenters. The first kappa shape index (κ1) is 14.4. The minimum atomic E-state index is -2.54. The van der Waals surface area contributed by atoms with Gasteiger partial charge in [0.2, 0.25) is 0 Å². The van der Waals surface area contributed by atoms with Crippen molar-refractivity contribution >= 4 is 18.3 Å². The van der Waals surface area contributed by atoms with Gasteiger partial charge in [0.15, 0.2) is 7.29 Å². The third-order valence-electron chi connectivity index (χ3n) is 3.72. The summed E-state index contributed by atoms with van der Waals surface area (Å²) in [7, 11) is 1.13. The van der Waals surface area contributed by atoms with Crippen LogP contribution >= 0.6 is 7.29 Å². The summed E-state index contributed by atoms with van der Waals surface area (Å²) >= 11 is 0. The van der Waals surface area contributed by atoms with Crippen LogP contribution in [-0.4, -0.2) is 56.6 Å². The van der Waals surface area contributed by atoms with Gasteiger partial charge in [0.25, 0.3) is 0 Å². The van der Waals surface area contributed by atoms with Crippen molar-refractivity contribution in [1.82, 2.24) is 9.57 Å². The molecule has 0 amide bonds. The van der Waals surface area contributed by atoms with Crippen LogP contribution in [0.3, 0.4) is 0 Å². The van der Waals surface area contributed by atoms with E-state index >= 15 is 0 Å². The molecular weight excluding hydrogens is 261 g/mol. The van der Waals surface area contributed by atoms with Gasteiger partial charge >= 0.3 is 0 Å². The van der Waals surface area contributed by atoms with Gasteiger partial charge < -0.3 is 19.9 Å². The zero-order valence-electron chi connectivity index (χ0n) is 11.8. The van der Waals surface area contributed by atoms with E-state index in [0.29, 0.717) is 11.4 Å². The maximum absolute atomic E-state index is 13.1. The minimum Gasteiger partial charge on any atom is -0.495 e. The monoisotopic (exact) mass is 283 g/mol. The lowest BCUT2D eigenvalue weighted by Crippen LogP contribution is -2.43. The minimum absolute atomic E-state index is 0.574. The van der Waals surface area contributed by atoms with E-state index in [9.17, 15) is 4.57 Å². The topological polar surface area (TPSA) is 58.8 Å². The Morgan fingerprint density at radius 1 is 1.26 bits per heavy atom. The molecule has 1 saturated heterocycles. The quantitative estimate of drug-likeness (QED) is 0.664. The van der Waals surface area contributed by atoms with E-state index in [4.69, 9.17) is 10.5 Å². The van der Waals surface area contributed by atoms with Crippen LogP contribution in [0.1, 0.15) is 0 Å². The molecule has 2 rings (SSSR count). The fourth-order valence-electron chi connectivity index (χ4n) is 2.30. The van der Waals surface area contributed by atoms with Crippen molar-refractivity contribution in [2.75, 3.05) is 52.7 Å². The highest BCUT2D eigenvalue weighted by Crippen LogP contribution is 2.45. The molecule has 1 aliphatic heterocycles. The van der Waals surface area contributed by atoms with Gasteiger partial charge in [-0.25, -0.2) is 4.67 Å². The third-order valence-corrected chi connectivity index (χ3v) is 6.43. The summed E-state index contributed by atoms with van der Waals surface area (Å²) in [6.07, 6.45) is 0. The first-order valence-corrected chi connectivity index (χ1v) is 8.51. The van der Waals surface area contributed by atoms with Crippen molar-refractivity contribution in [2.45, 2.75) is 0 Å². The smallest absolute Gasteiger partial charge is 0.175 e. The van der Waals surface area contributed by atoms with Gasteiger partial charge in [-0.15, -0.1) is 0 Å². The summed E-state index contributed by atoms with van der Waals surface area (Å²) in [5.41, 5.74) is 6.38. The SMILES string of the molecule is COc1cc(P(C)(=O)N2CCN(C)CC2)ccc1N. The van der Waals surface area contributed by atoms with Gasteiger partial charge in [-0.3, -0.25) is 0 Å². The average Bonchev–Trinajstić information content (AvgIpc) is 2.39. The maximum atomic E-state index is 13.1. The second-order valence-corrected chi connectivity index (χ2v) is 7.90. The number of methoxy groups -OCH3 is 1. The Morgan fingerprint density at radius 2 is 1.89 bits per heavy atom. The highest BCUT2D eigenvalue weighted by Gasteiger charge is 2.30. The Bertz CT molecular complexity index is 499. The highest BCUT2D eigenvalue weighted by molar-refractivity contribution is 7.68. The lowest BCUT2D eigenvalue weighted by molar-refractivity contribution is 0.223. The number of anilines is 1. The summed E-state index contributed by atoms with van der Waals surface area (Å²) in [6, 6.07) is 5.41. The van der Waals surface area contributed by atoms with Crippen LogP contribution in [0.5, 0.6) is 5.75 Å². The van der Waals surface area contributed by atoms with E-state index in [1.54, 1.807) is 19.2 Å². The zero-order chi connectivity index (χ0) is 14.0. The first-order chi connectivity index (χ1) is 8.95. The molecule has 6 heteroatoms. The van der Waals surface area contributed by atoms with Crippen LogP contribution in [0.4, 0.5) is 5.69 Å². The van der Waals surface area contributed by atoms with Crippen molar-refractivity contribution in [3.8, 4) is 5.75 Å². The maximum Gasteiger partial charge on any atom is 0.175 e. The molecule has 106 valence electrons. The molecular formula is C13H22N3O2P. The average molecular weight is 283 g/mol. The molecule has 1 heterocycles. The molecule has 1 unspecified atom stereocenters. The Morgan fingerprint density at radius 3 is 2.47 bits per heavy atom.